The standard InChI is InChI=1S/C42H53NO6/c1-5-49-37(46)43(24-9-25-48-4)28-41(47)21-18-35-39(41,3)20-17-34-38(2)19-16-32(44)26-40(38)22-23-42(34,35)33(27-40)36(45)31-14-12-30(13-15-31)29-10-7-6-8-11-29/h6-8,10-15,22-23,27,32,34-35,44,47H,5,9,16-21,24-26,28H2,1-4H3/t32?,34-,35-,38-,39+,40+,41-,42-/m1/s1. The maximum Gasteiger partial charge on any atom is 0.409 e. The highest BCUT2D eigenvalue weighted by Crippen LogP contribution is 2.78. The number of benzene rings is 2. The number of methoxy groups -OCH3 is 1. The van der Waals surface area contributed by atoms with Crippen LogP contribution in [0.4, 0.5) is 4.79 Å². The molecule has 1 amide bonds. The van der Waals surface area contributed by atoms with Gasteiger partial charge in [0.15, 0.2) is 5.78 Å². The third kappa shape index (κ3) is 5.09. The normalized spacial score (nSPS) is 37.1. The van der Waals surface area contributed by atoms with Crippen molar-refractivity contribution < 1.29 is 29.3 Å². The molecule has 6 aliphatic rings. The molecule has 2 aromatic carbocycles. The SMILES string of the molecule is CCOC(=O)N(CCCOC)C[C@]1(O)CC[C@H]2[C@]34C=C[C@@]5(C=C3C(=O)c3ccc(-c6ccccc6)cc3)CC(O)CC[C@]5(C)[C@H]4CC[C@@]21C. The summed E-state index contributed by atoms with van der Waals surface area (Å²) in [6, 6.07) is 18.2. The van der Waals surface area contributed by atoms with Gasteiger partial charge in [-0.05, 0) is 86.7 Å². The van der Waals surface area contributed by atoms with E-state index in [4.69, 9.17) is 9.47 Å². The maximum atomic E-state index is 15.0. The van der Waals surface area contributed by atoms with E-state index in [0.717, 1.165) is 48.8 Å². The lowest BCUT2D eigenvalue weighted by Crippen LogP contribution is -2.67. The number of rotatable bonds is 10. The Morgan fingerprint density at radius 2 is 1.57 bits per heavy atom. The summed E-state index contributed by atoms with van der Waals surface area (Å²) in [6.07, 6.45) is 12.0. The number of Topliss-reactive ketones (excluding diaryl/α,β-unsaturated/α-hetero) is 1. The van der Waals surface area contributed by atoms with Crippen LogP contribution in [0, 0.1) is 33.5 Å². The molecule has 8 atom stereocenters. The van der Waals surface area contributed by atoms with Gasteiger partial charge in [0.2, 0.25) is 0 Å². The summed E-state index contributed by atoms with van der Waals surface area (Å²) in [5.74, 6) is 0.250. The van der Waals surface area contributed by atoms with Gasteiger partial charge in [0.25, 0.3) is 0 Å². The van der Waals surface area contributed by atoms with E-state index in [0.29, 0.717) is 38.0 Å². The molecule has 3 saturated carbocycles. The molecule has 0 aromatic heterocycles. The Bertz CT molecular complexity index is 1640. The van der Waals surface area contributed by atoms with Crippen molar-refractivity contribution in [3.05, 3.63) is 84.0 Å². The van der Waals surface area contributed by atoms with Crippen LogP contribution in [0.15, 0.2) is 78.4 Å². The second-order valence-corrected chi connectivity index (χ2v) is 16.0. The number of ketones is 1. The summed E-state index contributed by atoms with van der Waals surface area (Å²) >= 11 is 0. The molecule has 7 nitrogen and oxygen atoms in total. The molecular formula is C42H53NO6. The van der Waals surface area contributed by atoms with Crippen LogP contribution in [0.1, 0.15) is 82.5 Å². The van der Waals surface area contributed by atoms with Gasteiger partial charge in [0.1, 0.15) is 0 Å². The zero-order valence-electron chi connectivity index (χ0n) is 29.6. The van der Waals surface area contributed by atoms with Gasteiger partial charge in [-0.2, -0.15) is 0 Å². The first-order valence-corrected chi connectivity index (χ1v) is 18.4. The number of amides is 1. The maximum absolute atomic E-state index is 15.0. The molecule has 2 N–H and O–H groups in total. The Morgan fingerprint density at radius 1 is 0.898 bits per heavy atom. The van der Waals surface area contributed by atoms with Crippen molar-refractivity contribution in [1.82, 2.24) is 4.90 Å². The Kier molecular flexibility index (Phi) is 8.73. The predicted octanol–water partition coefficient (Wildman–Crippen LogP) is 7.62. The number of hydrogen-bond acceptors (Lipinski definition) is 6. The quantitative estimate of drug-likeness (QED) is 0.154. The number of ether oxygens (including phenoxy) is 2. The molecule has 49 heavy (non-hydrogen) atoms. The Labute approximate surface area is 291 Å². The number of nitrogens with zero attached hydrogens (tertiary/aromatic N) is 1. The number of allylic oxidation sites excluding steroid dienone is 4. The van der Waals surface area contributed by atoms with E-state index in [1.54, 1.807) is 18.9 Å². The zero-order valence-corrected chi connectivity index (χ0v) is 29.6. The van der Waals surface area contributed by atoms with Crippen LogP contribution in [-0.4, -0.2) is 72.1 Å². The highest BCUT2D eigenvalue weighted by molar-refractivity contribution is 6.10. The van der Waals surface area contributed by atoms with Crippen molar-refractivity contribution in [2.24, 2.45) is 33.5 Å². The van der Waals surface area contributed by atoms with E-state index in [1.807, 2.05) is 42.5 Å². The summed E-state index contributed by atoms with van der Waals surface area (Å²) in [5, 5.41) is 23.8. The third-order valence-electron chi connectivity index (χ3n) is 14.0. The largest absolute Gasteiger partial charge is 0.450 e. The van der Waals surface area contributed by atoms with Gasteiger partial charge in [-0.25, -0.2) is 4.79 Å². The van der Waals surface area contributed by atoms with Gasteiger partial charge in [-0.1, -0.05) is 86.7 Å². The lowest BCUT2D eigenvalue weighted by molar-refractivity contribution is -0.175. The van der Waals surface area contributed by atoms with E-state index in [-0.39, 0.29) is 36.2 Å². The average molecular weight is 668 g/mol. The van der Waals surface area contributed by atoms with Crippen molar-refractivity contribution in [1.29, 1.82) is 0 Å². The monoisotopic (exact) mass is 667 g/mol. The van der Waals surface area contributed by atoms with Gasteiger partial charge < -0.3 is 24.6 Å². The first kappa shape index (κ1) is 34.2. The molecule has 3 fully saturated rings. The van der Waals surface area contributed by atoms with Gasteiger partial charge in [-0.15, -0.1) is 0 Å². The number of carbonyl (C=O) groups excluding carboxylic acids is 2. The van der Waals surface area contributed by atoms with E-state index >= 15 is 0 Å². The predicted molar refractivity (Wildman–Crippen MR) is 190 cm³/mol. The molecule has 0 aliphatic heterocycles. The fourth-order valence-electron chi connectivity index (χ4n) is 11.4. The average Bonchev–Trinajstić information content (AvgIpc) is 3.38. The van der Waals surface area contributed by atoms with E-state index in [1.165, 1.54) is 0 Å². The molecule has 1 unspecified atom stereocenters. The molecule has 2 spiro atoms. The van der Waals surface area contributed by atoms with Crippen LogP contribution in [0.5, 0.6) is 0 Å². The number of aliphatic hydroxyl groups excluding tert-OH is 1. The second kappa shape index (κ2) is 12.5. The molecule has 8 rings (SSSR count). The highest BCUT2D eigenvalue weighted by atomic mass is 16.6. The van der Waals surface area contributed by atoms with Crippen LogP contribution in [0.2, 0.25) is 0 Å². The number of hydrogen-bond donors (Lipinski definition) is 2. The summed E-state index contributed by atoms with van der Waals surface area (Å²) < 4.78 is 10.7. The van der Waals surface area contributed by atoms with Crippen molar-refractivity contribution in [3.63, 3.8) is 0 Å². The molecule has 0 heterocycles. The summed E-state index contributed by atoms with van der Waals surface area (Å²) in [5.41, 5.74) is 0.926. The van der Waals surface area contributed by atoms with E-state index < -0.39 is 34.0 Å². The number of aliphatic hydroxyl groups is 2. The zero-order chi connectivity index (χ0) is 34.7. The summed E-state index contributed by atoms with van der Waals surface area (Å²) in [4.78, 5) is 29.8. The van der Waals surface area contributed by atoms with Gasteiger partial charge in [0.05, 0.1) is 24.9 Å². The third-order valence-corrected chi connectivity index (χ3v) is 14.0. The van der Waals surface area contributed by atoms with Gasteiger partial charge in [0, 0.05) is 47.6 Å². The Balaban J connectivity index is 1.29. The molecule has 2 aromatic rings. The van der Waals surface area contributed by atoms with Crippen molar-refractivity contribution in [2.75, 3.05) is 33.4 Å². The minimum atomic E-state index is -1.15. The van der Waals surface area contributed by atoms with Crippen LogP contribution < -0.4 is 0 Å². The van der Waals surface area contributed by atoms with Crippen LogP contribution in [0.25, 0.3) is 11.1 Å². The molecule has 7 heteroatoms. The smallest absolute Gasteiger partial charge is 0.409 e. The minimum absolute atomic E-state index is 0.00351. The second-order valence-electron chi connectivity index (χ2n) is 16.0. The van der Waals surface area contributed by atoms with Crippen LogP contribution in [0.3, 0.4) is 0 Å². The van der Waals surface area contributed by atoms with Crippen molar-refractivity contribution in [2.45, 2.75) is 83.8 Å². The Morgan fingerprint density at radius 3 is 2.29 bits per heavy atom. The summed E-state index contributed by atoms with van der Waals surface area (Å²) in [7, 11) is 1.65. The van der Waals surface area contributed by atoms with Gasteiger partial charge in [-0.3, -0.25) is 4.79 Å². The number of carbonyl (C=O) groups is 2. The van der Waals surface area contributed by atoms with Crippen molar-refractivity contribution >= 4 is 11.9 Å². The first-order chi connectivity index (χ1) is 23.5. The van der Waals surface area contributed by atoms with Crippen LogP contribution >= 0.6 is 0 Å². The molecule has 2 bridgehead atoms. The minimum Gasteiger partial charge on any atom is -0.450 e. The lowest BCUT2D eigenvalue weighted by Gasteiger charge is -2.71. The molecule has 262 valence electrons. The number of fused-ring (bicyclic) bond motifs is 1. The molecular weight excluding hydrogens is 614 g/mol. The fourth-order valence-corrected chi connectivity index (χ4v) is 11.4. The first-order valence-electron chi connectivity index (χ1n) is 18.4. The van der Waals surface area contributed by atoms with Crippen LogP contribution in [-0.2, 0) is 9.47 Å². The topological polar surface area (TPSA) is 96.3 Å². The molecule has 0 radical (unpaired) electrons. The van der Waals surface area contributed by atoms with Gasteiger partial charge >= 0.3 is 6.09 Å². The molecule has 6 aliphatic carbocycles. The van der Waals surface area contributed by atoms with Crippen molar-refractivity contribution in [3.8, 4) is 11.1 Å². The highest BCUT2D eigenvalue weighted by Gasteiger charge is 2.74. The fraction of sp³-hybridized carbons (Fsp3) is 0.571. The molecule has 0 saturated heterocycles. The van der Waals surface area contributed by atoms with E-state index in [9.17, 15) is 19.8 Å². The summed E-state index contributed by atoms with van der Waals surface area (Å²) in [6.45, 7) is 7.82. The lowest BCUT2D eigenvalue weighted by atomic mass is 9.32. The Hall–Kier alpha value is -3.26. The van der Waals surface area contributed by atoms with E-state index in [2.05, 4.69) is 44.2 Å².